The highest BCUT2D eigenvalue weighted by Gasteiger charge is 2.38. The number of carbonyl (C=O) groups is 1. The summed E-state index contributed by atoms with van der Waals surface area (Å²) in [6.45, 7) is 2.05. The molecule has 0 aliphatic heterocycles. The summed E-state index contributed by atoms with van der Waals surface area (Å²) in [5.74, 6) is 0.571. The molecule has 1 atom stereocenters. The Kier molecular flexibility index (Phi) is 4.49. The van der Waals surface area contributed by atoms with E-state index in [2.05, 4.69) is 5.32 Å². The first kappa shape index (κ1) is 14.7. The Morgan fingerprint density at radius 3 is 2.75 bits per heavy atom. The Morgan fingerprint density at radius 1 is 1.45 bits per heavy atom. The maximum Gasteiger partial charge on any atom is 0.323 e. The molecule has 1 aromatic carbocycles. The molecule has 0 aromatic heterocycles. The van der Waals surface area contributed by atoms with Gasteiger partial charge in [0.05, 0.1) is 13.7 Å². The fourth-order valence-corrected chi connectivity index (χ4v) is 1.98. The smallest absolute Gasteiger partial charge is 0.323 e. The summed E-state index contributed by atoms with van der Waals surface area (Å²) < 4.78 is 10.7. The van der Waals surface area contributed by atoms with Crippen molar-refractivity contribution in [3.05, 3.63) is 24.3 Å². The zero-order chi connectivity index (χ0) is 14.6. The second-order valence-corrected chi connectivity index (χ2v) is 5.33. The number of methoxy groups -OCH3 is 1. The first-order valence-electron chi connectivity index (χ1n) is 6.81. The lowest BCUT2D eigenvalue weighted by molar-refractivity contribution is -0.144. The summed E-state index contributed by atoms with van der Waals surface area (Å²) in [4.78, 5) is 11.4. The van der Waals surface area contributed by atoms with E-state index >= 15 is 0 Å². The normalized spacial score (nSPS) is 17.3. The number of carboxylic acid groups (broad SMARTS) is 1. The van der Waals surface area contributed by atoms with E-state index in [0.717, 1.165) is 18.6 Å². The summed E-state index contributed by atoms with van der Waals surface area (Å²) >= 11 is 0. The van der Waals surface area contributed by atoms with Gasteiger partial charge in [0.2, 0.25) is 0 Å². The summed E-state index contributed by atoms with van der Waals surface area (Å²) in [6, 6.07) is 7.63. The van der Waals surface area contributed by atoms with Crippen LogP contribution in [0, 0.1) is 0 Å². The maximum atomic E-state index is 11.4. The molecule has 2 rings (SSSR count). The minimum atomic E-state index is -0.931. The van der Waals surface area contributed by atoms with Crippen LogP contribution in [0.15, 0.2) is 24.3 Å². The molecule has 0 bridgehead atoms. The molecule has 5 nitrogen and oxygen atoms in total. The molecule has 0 radical (unpaired) electrons. The van der Waals surface area contributed by atoms with E-state index in [-0.39, 0.29) is 0 Å². The SMILES string of the molecule is COc1cccc(OCCC(C)(NC2CC2)C(=O)O)c1. The second kappa shape index (κ2) is 6.13. The highest BCUT2D eigenvalue weighted by atomic mass is 16.5. The molecule has 1 aliphatic rings. The van der Waals surface area contributed by atoms with Gasteiger partial charge >= 0.3 is 5.97 Å². The third-order valence-corrected chi connectivity index (χ3v) is 3.48. The van der Waals surface area contributed by atoms with Gasteiger partial charge in [0.15, 0.2) is 0 Å². The van der Waals surface area contributed by atoms with E-state index in [1.807, 2.05) is 18.2 Å². The van der Waals surface area contributed by atoms with Gasteiger partial charge in [-0.3, -0.25) is 10.1 Å². The van der Waals surface area contributed by atoms with Gasteiger partial charge in [-0.15, -0.1) is 0 Å². The Balaban J connectivity index is 1.87. The predicted molar refractivity (Wildman–Crippen MR) is 75.3 cm³/mol. The Hall–Kier alpha value is -1.75. The number of aliphatic carboxylic acids is 1. The van der Waals surface area contributed by atoms with Crippen molar-refractivity contribution < 1.29 is 19.4 Å². The number of hydrogen-bond donors (Lipinski definition) is 2. The quantitative estimate of drug-likeness (QED) is 0.762. The van der Waals surface area contributed by atoms with Crippen LogP contribution in [0.4, 0.5) is 0 Å². The van der Waals surface area contributed by atoms with Crippen LogP contribution in [0.1, 0.15) is 26.2 Å². The van der Waals surface area contributed by atoms with Crippen molar-refractivity contribution in [2.75, 3.05) is 13.7 Å². The lowest BCUT2D eigenvalue weighted by Gasteiger charge is -2.26. The molecule has 1 saturated carbocycles. The van der Waals surface area contributed by atoms with Gasteiger partial charge in [-0.25, -0.2) is 0 Å². The van der Waals surface area contributed by atoms with Crippen molar-refractivity contribution in [1.29, 1.82) is 0 Å². The monoisotopic (exact) mass is 279 g/mol. The third kappa shape index (κ3) is 3.87. The molecule has 1 aromatic rings. The summed E-state index contributed by atoms with van der Waals surface area (Å²) in [6.07, 6.45) is 2.52. The lowest BCUT2D eigenvalue weighted by atomic mass is 9.98. The predicted octanol–water partition coefficient (Wildman–Crippen LogP) is 2.06. The molecule has 2 N–H and O–H groups in total. The molecule has 0 saturated heterocycles. The minimum Gasteiger partial charge on any atom is -0.497 e. The van der Waals surface area contributed by atoms with E-state index in [9.17, 15) is 9.90 Å². The molecule has 5 heteroatoms. The molecule has 0 amide bonds. The van der Waals surface area contributed by atoms with Gasteiger partial charge in [0, 0.05) is 18.5 Å². The van der Waals surface area contributed by atoms with Crippen molar-refractivity contribution in [2.24, 2.45) is 0 Å². The van der Waals surface area contributed by atoms with Crippen molar-refractivity contribution >= 4 is 5.97 Å². The van der Waals surface area contributed by atoms with Crippen LogP contribution in [0.3, 0.4) is 0 Å². The topological polar surface area (TPSA) is 67.8 Å². The average Bonchev–Trinajstić information content (AvgIpc) is 3.22. The summed E-state index contributed by atoms with van der Waals surface area (Å²) in [5, 5.41) is 12.5. The first-order chi connectivity index (χ1) is 9.53. The Labute approximate surface area is 118 Å². The van der Waals surface area contributed by atoms with E-state index < -0.39 is 11.5 Å². The van der Waals surface area contributed by atoms with Crippen LogP contribution in [0.2, 0.25) is 0 Å². The largest absolute Gasteiger partial charge is 0.497 e. The zero-order valence-corrected chi connectivity index (χ0v) is 11.9. The number of carboxylic acids is 1. The van der Waals surface area contributed by atoms with E-state index in [0.29, 0.717) is 24.8 Å². The van der Waals surface area contributed by atoms with Crippen molar-refractivity contribution in [3.8, 4) is 11.5 Å². The molecular weight excluding hydrogens is 258 g/mol. The fraction of sp³-hybridized carbons (Fsp3) is 0.533. The number of ether oxygens (including phenoxy) is 2. The Morgan fingerprint density at radius 2 is 2.15 bits per heavy atom. The van der Waals surface area contributed by atoms with Gasteiger partial charge in [-0.2, -0.15) is 0 Å². The first-order valence-corrected chi connectivity index (χ1v) is 6.81. The van der Waals surface area contributed by atoms with Gasteiger partial charge in [-0.05, 0) is 31.9 Å². The third-order valence-electron chi connectivity index (χ3n) is 3.48. The van der Waals surface area contributed by atoms with Crippen LogP contribution in [-0.4, -0.2) is 36.4 Å². The van der Waals surface area contributed by atoms with E-state index in [1.54, 1.807) is 20.1 Å². The molecule has 0 spiro atoms. The Bertz CT molecular complexity index is 473. The van der Waals surface area contributed by atoms with Gasteiger partial charge < -0.3 is 14.6 Å². The molecule has 1 unspecified atom stereocenters. The molecule has 110 valence electrons. The lowest BCUT2D eigenvalue weighted by Crippen LogP contribution is -2.51. The fourth-order valence-electron chi connectivity index (χ4n) is 1.98. The number of nitrogens with one attached hydrogen (secondary N) is 1. The standard InChI is InChI=1S/C15H21NO4/c1-15(14(17)18,16-11-6-7-11)8-9-20-13-5-3-4-12(10-13)19-2/h3-5,10-11,16H,6-9H2,1-2H3,(H,17,18). The second-order valence-electron chi connectivity index (χ2n) is 5.33. The van der Waals surface area contributed by atoms with Gasteiger partial charge in [0.1, 0.15) is 17.0 Å². The van der Waals surface area contributed by atoms with Crippen molar-refractivity contribution in [3.63, 3.8) is 0 Å². The van der Waals surface area contributed by atoms with Crippen LogP contribution in [0.5, 0.6) is 11.5 Å². The molecule has 1 aliphatic carbocycles. The van der Waals surface area contributed by atoms with Crippen LogP contribution in [0.25, 0.3) is 0 Å². The van der Waals surface area contributed by atoms with Crippen molar-refractivity contribution in [1.82, 2.24) is 5.32 Å². The zero-order valence-electron chi connectivity index (χ0n) is 11.9. The molecule has 1 fully saturated rings. The summed E-state index contributed by atoms with van der Waals surface area (Å²) in [5.41, 5.74) is -0.931. The van der Waals surface area contributed by atoms with E-state index in [1.165, 1.54) is 0 Å². The molecular formula is C15H21NO4. The summed E-state index contributed by atoms with van der Waals surface area (Å²) in [7, 11) is 1.60. The van der Waals surface area contributed by atoms with Crippen LogP contribution >= 0.6 is 0 Å². The molecule has 0 heterocycles. The highest BCUT2D eigenvalue weighted by Crippen LogP contribution is 2.25. The van der Waals surface area contributed by atoms with Crippen molar-refractivity contribution in [2.45, 2.75) is 37.8 Å². The highest BCUT2D eigenvalue weighted by molar-refractivity contribution is 5.78. The van der Waals surface area contributed by atoms with Gasteiger partial charge in [0.25, 0.3) is 0 Å². The average molecular weight is 279 g/mol. The number of hydrogen-bond acceptors (Lipinski definition) is 4. The van der Waals surface area contributed by atoms with E-state index in [4.69, 9.17) is 9.47 Å². The molecule has 20 heavy (non-hydrogen) atoms. The van der Waals surface area contributed by atoms with Gasteiger partial charge in [-0.1, -0.05) is 6.07 Å². The number of rotatable bonds is 8. The van der Waals surface area contributed by atoms with Crippen LogP contribution < -0.4 is 14.8 Å². The number of benzene rings is 1. The maximum absolute atomic E-state index is 11.4. The minimum absolute atomic E-state index is 0.341. The van der Waals surface area contributed by atoms with Crippen LogP contribution in [-0.2, 0) is 4.79 Å².